The molecule has 1 heterocycles. The van der Waals surface area contributed by atoms with Crippen LogP contribution in [0.2, 0.25) is 0 Å². The standard InChI is InChI=1S/C22H18O5/c23-17(8-6-14-7-9-20-21(10-14)27-13-26-20)22-18(24)11-16(12-19(22)25)15-4-2-1-3-5-15/h1-10,16,22H,11-13H2/b8-6+. The third-order valence-corrected chi connectivity index (χ3v) is 4.93. The van der Waals surface area contributed by atoms with Crippen LogP contribution in [0, 0.1) is 5.92 Å². The zero-order valence-corrected chi connectivity index (χ0v) is 14.6. The fourth-order valence-corrected chi connectivity index (χ4v) is 3.54. The number of ether oxygens (including phenoxy) is 2. The van der Waals surface area contributed by atoms with Gasteiger partial charge in [0.25, 0.3) is 0 Å². The molecular weight excluding hydrogens is 344 g/mol. The monoisotopic (exact) mass is 362 g/mol. The van der Waals surface area contributed by atoms with Crippen molar-refractivity contribution >= 4 is 23.4 Å². The molecule has 4 rings (SSSR count). The average molecular weight is 362 g/mol. The number of fused-ring (bicyclic) bond motifs is 1. The molecule has 1 aliphatic heterocycles. The van der Waals surface area contributed by atoms with Crippen molar-refractivity contribution in [3.8, 4) is 11.5 Å². The van der Waals surface area contributed by atoms with Crippen LogP contribution in [0.3, 0.4) is 0 Å². The Labute approximate surface area is 156 Å². The molecule has 2 aromatic carbocycles. The van der Waals surface area contributed by atoms with Crippen molar-refractivity contribution in [3.05, 3.63) is 65.7 Å². The molecule has 0 spiro atoms. The van der Waals surface area contributed by atoms with Gasteiger partial charge in [-0.15, -0.1) is 0 Å². The molecule has 0 bridgehead atoms. The predicted molar refractivity (Wildman–Crippen MR) is 98.5 cm³/mol. The SMILES string of the molecule is O=C(/C=C/c1ccc2c(c1)OCO2)C1C(=O)CC(c2ccccc2)CC1=O. The molecule has 1 aliphatic carbocycles. The highest BCUT2D eigenvalue weighted by molar-refractivity contribution is 6.24. The van der Waals surface area contributed by atoms with Crippen LogP contribution in [-0.2, 0) is 14.4 Å². The minimum absolute atomic E-state index is 0.145. The lowest BCUT2D eigenvalue weighted by Crippen LogP contribution is -2.37. The van der Waals surface area contributed by atoms with Gasteiger partial charge < -0.3 is 9.47 Å². The summed E-state index contributed by atoms with van der Waals surface area (Å²) in [7, 11) is 0. The average Bonchev–Trinajstić information content (AvgIpc) is 3.14. The van der Waals surface area contributed by atoms with Gasteiger partial charge in [-0.1, -0.05) is 42.5 Å². The first kappa shape index (κ1) is 17.2. The number of hydrogen-bond donors (Lipinski definition) is 0. The van der Waals surface area contributed by atoms with Crippen LogP contribution in [0.25, 0.3) is 6.08 Å². The van der Waals surface area contributed by atoms with Gasteiger partial charge in [-0.2, -0.15) is 0 Å². The summed E-state index contributed by atoms with van der Waals surface area (Å²) in [6.45, 7) is 0.176. The summed E-state index contributed by atoms with van der Waals surface area (Å²) in [5.41, 5.74) is 1.70. The van der Waals surface area contributed by atoms with Gasteiger partial charge in [-0.25, -0.2) is 0 Å². The Morgan fingerprint density at radius 3 is 2.37 bits per heavy atom. The van der Waals surface area contributed by atoms with Gasteiger partial charge in [-0.05, 0) is 35.3 Å². The molecule has 2 aliphatic rings. The second kappa shape index (κ2) is 7.19. The summed E-state index contributed by atoms with van der Waals surface area (Å²) >= 11 is 0. The third-order valence-electron chi connectivity index (χ3n) is 4.93. The van der Waals surface area contributed by atoms with Gasteiger partial charge in [0.2, 0.25) is 6.79 Å². The molecule has 0 unspecified atom stereocenters. The van der Waals surface area contributed by atoms with E-state index in [-0.39, 0.29) is 37.1 Å². The molecule has 2 aromatic rings. The topological polar surface area (TPSA) is 69.7 Å². The van der Waals surface area contributed by atoms with E-state index in [1.54, 1.807) is 24.3 Å². The number of allylic oxidation sites excluding steroid dienone is 1. The van der Waals surface area contributed by atoms with Crippen LogP contribution in [0.15, 0.2) is 54.6 Å². The van der Waals surface area contributed by atoms with Crippen molar-refractivity contribution in [2.75, 3.05) is 6.79 Å². The maximum Gasteiger partial charge on any atom is 0.231 e. The Hall–Kier alpha value is -3.21. The lowest BCUT2D eigenvalue weighted by atomic mass is 9.75. The highest BCUT2D eigenvalue weighted by atomic mass is 16.7. The van der Waals surface area contributed by atoms with Crippen molar-refractivity contribution in [2.45, 2.75) is 18.8 Å². The Bertz CT molecular complexity index is 911. The zero-order chi connectivity index (χ0) is 18.8. The molecule has 5 nitrogen and oxygen atoms in total. The molecule has 0 aromatic heterocycles. The first-order chi connectivity index (χ1) is 13.1. The molecule has 0 N–H and O–H groups in total. The van der Waals surface area contributed by atoms with Gasteiger partial charge in [0.1, 0.15) is 5.92 Å². The van der Waals surface area contributed by atoms with Gasteiger partial charge in [0.15, 0.2) is 28.8 Å². The van der Waals surface area contributed by atoms with Crippen LogP contribution in [0.4, 0.5) is 0 Å². The first-order valence-corrected chi connectivity index (χ1v) is 8.84. The Balaban J connectivity index is 1.46. The molecule has 0 radical (unpaired) electrons. The molecule has 1 saturated carbocycles. The molecule has 0 atom stereocenters. The maximum atomic E-state index is 12.5. The molecule has 136 valence electrons. The smallest absolute Gasteiger partial charge is 0.231 e. The summed E-state index contributed by atoms with van der Waals surface area (Å²) in [4.78, 5) is 37.4. The normalized spacial score (nSPS) is 21.6. The summed E-state index contributed by atoms with van der Waals surface area (Å²) < 4.78 is 10.5. The summed E-state index contributed by atoms with van der Waals surface area (Å²) in [5, 5.41) is 0. The second-order valence-corrected chi connectivity index (χ2v) is 6.73. The van der Waals surface area contributed by atoms with Gasteiger partial charge in [0.05, 0.1) is 0 Å². The fraction of sp³-hybridized carbons (Fsp3) is 0.227. The quantitative estimate of drug-likeness (QED) is 0.616. The predicted octanol–water partition coefficient (Wildman–Crippen LogP) is 3.33. The molecule has 1 fully saturated rings. The first-order valence-electron chi connectivity index (χ1n) is 8.84. The van der Waals surface area contributed by atoms with Crippen molar-refractivity contribution < 1.29 is 23.9 Å². The van der Waals surface area contributed by atoms with Gasteiger partial charge in [0, 0.05) is 12.8 Å². The number of carbonyl (C=O) groups is 3. The lowest BCUT2D eigenvalue weighted by molar-refractivity contribution is -0.140. The van der Waals surface area contributed by atoms with Crippen molar-refractivity contribution in [3.63, 3.8) is 0 Å². The van der Waals surface area contributed by atoms with Crippen LogP contribution in [0.1, 0.15) is 29.9 Å². The Kier molecular flexibility index (Phi) is 4.59. The van der Waals surface area contributed by atoms with E-state index in [1.807, 2.05) is 30.3 Å². The zero-order valence-electron chi connectivity index (χ0n) is 14.6. The number of Topliss-reactive ketones (excluding diaryl/α,β-unsaturated/α-hetero) is 2. The van der Waals surface area contributed by atoms with Crippen LogP contribution in [-0.4, -0.2) is 24.1 Å². The Morgan fingerprint density at radius 1 is 0.926 bits per heavy atom. The van der Waals surface area contributed by atoms with Crippen LogP contribution in [0.5, 0.6) is 11.5 Å². The maximum absolute atomic E-state index is 12.5. The molecule has 5 heteroatoms. The number of carbonyl (C=O) groups excluding carboxylic acids is 3. The van der Waals surface area contributed by atoms with E-state index in [9.17, 15) is 14.4 Å². The molecular formula is C22H18O5. The second-order valence-electron chi connectivity index (χ2n) is 6.73. The number of rotatable bonds is 4. The van der Waals surface area contributed by atoms with Crippen LogP contribution >= 0.6 is 0 Å². The van der Waals surface area contributed by atoms with E-state index in [4.69, 9.17) is 9.47 Å². The van der Waals surface area contributed by atoms with E-state index < -0.39 is 11.7 Å². The minimum atomic E-state index is -1.18. The van der Waals surface area contributed by atoms with Gasteiger partial charge >= 0.3 is 0 Å². The van der Waals surface area contributed by atoms with E-state index in [0.717, 1.165) is 11.1 Å². The van der Waals surface area contributed by atoms with Crippen molar-refractivity contribution in [2.24, 2.45) is 5.92 Å². The molecule has 0 saturated heterocycles. The molecule has 27 heavy (non-hydrogen) atoms. The van der Waals surface area contributed by atoms with Crippen molar-refractivity contribution in [1.29, 1.82) is 0 Å². The van der Waals surface area contributed by atoms with Crippen molar-refractivity contribution in [1.82, 2.24) is 0 Å². The highest BCUT2D eigenvalue weighted by Crippen LogP contribution is 2.34. The fourth-order valence-electron chi connectivity index (χ4n) is 3.54. The lowest BCUT2D eigenvalue weighted by Gasteiger charge is -2.25. The number of ketones is 3. The van der Waals surface area contributed by atoms with Crippen LogP contribution < -0.4 is 9.47 Å². The van der Waals surface area contributed by atoms with Gasteiger partial charge in [-0.3, -0.25) is 14.4 Å². The highest BCUT2D eigenvalue weighted by Gasteiger charge is 2.39. The largest absolute Gasteiger partial charge is 0.454 e. The summed E-state index contributed by atoms with van der Waals surface area (Å²) in [6.07, 6.45) is 3.32. The summed E-state index contributed by atoms with van der Waals surface area (Å²) in [5.74, 6) is -1.14. The third kappa shape index (κ3) is 3.53. The van der Waals surface area contributed by atoms with E-state index >= 15 is 0 Å². The summed E-state index contributed by atoms with van der Waals surface area (Å²) in [6, 6.07) is 14.8. The number of hydrogen-bond acceptors (Lipinski definition) is 5. The minimum Gasteiger partial charge on any atom is -0.454 e. The van der Waals surface area contributed by atoms with E-state index in [2.05, 4.69) is 0 Å². The molecule has 0 amide bonds. The Morgan fingerprint density at radius 2 is 1.63 bits per heavy atom. The van der Waals surface area contributed by atoms with E-state index in [0.29, 0.717) is 11.5 Å². The number of benzene rings is 2. The van der Waals surface area contributed by atoms with E-state index in [1.165, 1.54) is 6.08 Å².